The highest BCUT2D eigenvalue weighted by Crippen LogP contribution is 2.35. The second-order valence-corrected chi connectivity index (χ2v) is 4.99. The molecular weight excluding hydrogens is 242 g/mol. The highest BCUT2D eigenvalue weighted by molar-refractivity contribution is 5.44. The zero-order valence-corrected chi connectivity index (χ0v) is 11.7. The summed E-state index contributed by atoms with van der Waals surface area (Å²) in [5.74, 6) is 2.17. The molecule has 1 unspecified atom stereocenters. The van der Waals surface area contributed by atoms with E-state index in [0.717, 1.165) is 43.0 Å². The Hall–Kier alpha value is -1.26. The third-order valence-electron chi connectivity index (χ3n) is 3.99. The molecule has 1 fully saturated rings. The van der Waals surface area contributed by atoms with E-state index in [-0.39, 0.29) is 12.5 Å². The molecule has 2 N–H and O–H groups in total. The summed E-state index contributed by atoms with van der Waals surface area (Å²) in [6.07, 6.45) is 2.22. The highest BCUT2D eigenvalue weighted by atomic mass is 16.5. The average Bonchev–Trinajstić information content (AvgIpc) is 2.49. The Labute approximate surface area is 114 Å². The van der Waals surface area contributed by atoms with Crippen LogP contribution in [0.15, 0.2) is 18.2 Å². The average molecular weight is 265 g/mol. The van der Waals surface area contributed by atoms with Crippen molar-refractivity contribution in [3.63, 3.8) is 0 Å². The zero-order chi connectivity index (χ0) is 13.7. The SMILES string of the molecule is COc1ccc(C(CO)C2CCNCC2)cc1OC. The Bertz CT molecular complexity index is 402. The first kappa shape index (κ1) is 14.2. The summed E-state index contributed by atoms with van der Waals surface area (Å²) in [6.45, 7) is 2.25. The predicted molar refractivity (Wildman–Crippen MR) is 75.0 cm³/mol. The molecule has 1 heterocycles. The summed E-state index contributed by atoms with van der Waals surface area (Å²) < 4.78 is 10.6. The smallest absolute Gasteiger partial charge is 0.160 e. The fourth-order valence-electron chi connectivity index (χ4n) is 2.86. The Kier molecular flexibility index (Phi) is 5.05. The van der Waals surface area contributed by atoms with Crippen LogP contribution in [0.5, 0.6) is 11.5 Å². The lowest BCUT2D eigenvalue weighted by Crippen LogP contribution is -2.32. The van der Waals surface area contributed by atoms with Crippen LogP contribution in [0.3, 0.4) is 0 Å². The second-order valence-electron chi connectivity index (χ2n) is 4.99. The number of aliphatic hydroxyl groups excluding tert-OH is 1. The molecule has 2 rings (SSSR count). The number of hydrogen-bond acceptors (Lipinski definition) is 4. The highest BCUT2D eigenvalue weighted by Gasteiger charge is 2.25. The molecule has 0 aromatic heterocycles. The standard InChI is InChI=1S/C15H23NO3/c1-18-14-4-3-12(9-15(14)19-2)13(10-17)11-5-7-16-8-6-11/h3-4,9,11,13,16-17H,5-8,10H2,1-2H3. The van der Waals surface area contributed by atoms with E-state index in [4.69, 9.17) is 9.47 Å². The van der Waals surface area contributed by atoms with Crippen LogP contribution in [0.25, 0.3) is 0 Å². The van der Waals surface area contributed by atoms with Crippen molar-refractivity contribution in [3.05, 3.63) is 23.8 Å². The van der Waals surface area contributed by atoms with Gasteiger partial charge in [-0.1, -0.05) is 6.07 Å². The molecule has 1 aliphatic rings. The Morgan fingerprint density at radius 2 is 1.89 bits per heavy atom. The topological polar surface area (TPSA) is 50.7 Å². The summed E-state index contributed by atoms with van der Waals surface area (Å²) in [6, 6.07) is 5.93. The molecule has 0 amide bonds. The first-order valence-electron chi connectivity index (χ1n) is 6.83. The van der Waals surface area contributed by atoms with E-state index in [1.807, 2.05) is 18.2 Å². The monoisotopic (exact) mass is 265 g/mol. The van der Waals surface area contributed by atoms with Crippen molar-refractivity contribution in [2.45, 2.75) is 18.8 Å². The Morgan fingerprint density at radius 1 is 1.21 bits per heavy atom. The van der Waals surface area contributed by atoms with Crippen LogP contribution < -0.4 is 14.8 Å². The van der Waals surface area contributed by atoms with Gasteiger partial charge in [-0.15, -0.1) is 0 Å². The molecule has 0 saturated carbocycles. The third kappa shape index (κ3) is 3.19. The van der Waals surface area contributed by atoms with Crippen molar-refractivity contribution in [1.29, 1.82) is 0 Å². The lowest BCUT2D eigenvalue weighted by atomic mass is 9.81. The third-order valence-corrected chi connectivity index (χ3v) is 3.99. The van der Waals surface area contributed by atoms with E-state index in [1.54, 1.807) is 14.2 Å². The maximum absolute atomic E-state index is 9.73. The van der Waals surface area contributed by atoms with Gasteiger partial charge in [-0.3, -0.25) is 0 Å². The minimum atomic E-state index is 0.181. The number of piperidine rings is 1. The molecule has 19 heavy (non-hydrogen) atoms. The van der Waals surface area contributed by atoms with Crippen LogP contribution >= 0.6 is 0 Å². The van der Waals surface area contributed by atoms with E-state index in [2.05, 4.69) is 5.32 Å². The molecule has 1 aromatic carbocycles. The molecule has 0 radical (unpaired) electrons. The first-order valence-corrected chi connectivity index (χ1v) is 6.83. The summed E-state index contributed by atoms with van der Waals surface area (Å²) in [5.41, 5.74) is 1.13. The van der Waals surface area contributed by atoms with Crippen molar-refractivity contribution in [2.24, 2.45) is 5.92 Å². The van der Waals surface area contributed by atoms with Crippen molar-refractivity contribution < 1.29 is 14.6 Å². The van der Waals surface area contributed by atoms with Crippen LogP contribution in [0.1, 0.15) is 24.3 Å². The number of rotatable bonds is 5. The molecule has 4 heteroatoms. The molecule has 0 bridgehead atoms. The van der Waals surface area contributed by atoms with E-state index in [1.165, 1.54) is 0 Å². The van der Waals surface area contributed by atoms with Crippen LogP contribution in [0, 0.1) is 5.92 Å². The van der Waals surface area contributed by atoms with Gasteiger partial charge in [-0.05, 0) is 49.5 Å². The van der Waals surface area contributed by atoms with Gasteiger partial charge in [0.15, 0.2) is 11.5 Å². The van der Waals surface area contributed by atoms with Crippen molar-refractivity contribution >= 4 is 0 Å². The number of aliphatic hydroxyl groups is 1. The molecule has 106 valence electrons. The zero-order valence-electron chi connectivity index (χ0n) is 11.7. The largest absolute Gasteiger partial charge is 0.493 e. The van der Waals surface area contributed by atoms with Gasteiger partial charge < -0.3 is 19.9 Å². The maximum atomic E-state index is 9.73. The van der Waals surface area contributed by atoms with E-state index in [9.17, 15) is 5.11 Å². The van der Waals surface area contributed by atoms with E-state index < -0.39 is 0 Å². The molecule has 1 aromatic rings. The fraction of sp³-hybridized carbons (Fsp3) is 0.600. The van der Waals surface area contributed by atoms with Gasteiger partial charge in [0.1, 0.15) is 0 Å². The summed E-state index contributed by atoms with van der Waals surface area (Å²) in [7, 11) is 3.27. The maximum Gasteiger partial charge on any atom is 0.160 e. The van der Waals surface area contributed by atoms with E-state index >= 15 is 0 Å². The first-order chi connectivity index (χ1) is 9.30. The lowest BCUT2D eigenvalue weighted by Gasteiger charge is -2.30. The number of benzene rings is 1. The quantitative estimate of drug-likeness (QED) is 0.852. The van der Waals surface area contributed by atoms with Crippen LogP contribution in [0.4, 0.5) is 0 Å². The molecule has 1 atom stereocenters. The fourth-order valence-corrected chi connectivity index (χ4v) is 2.86. The van der Waals surface area contributed by atoms with Gasteiger partial charge in [0.05, 0.1) is 20.8 Å². The number of ether oxygens (including phenoxy) is 2. The van der Waals surface area contributed by atoms with Crippen LogP contribution in [0.2, 0.25) is 0 Å². The van der Waals surface area contributed by atoms with Crippen LogP contribution in [-0.4, -0.2) is 39.0 Å². The van der Waals surface area contributed by atoms with Crippen molar-refractivity contribution in [2.75, 3.05) is 33.9 Å². The minimum Gasteiger partial charge on any atom is -0.493 e. The van der Waals surface area contributed by atoms with Gasteiger partial charge in [0, 0.05) is 5.92 Å². The van der Waals surface area contributed by atoms with Crippen LogP contribution in [-0.2, 0) is 0 Å². The Balaban J connectivity index is 2.22. The Morgan fingerprint density at radius 3 is 2.47 bits per heavy atom. The van der Waals surface area contributed by atoms with Gasteiger partial charge in [-0.2, -0.15) is 0 Å². The molecule has 1 saturated heterocycles. The molecule has 1 aliphatic heterocycles. The molecule has 0 aliphatic carbocycles. The van der Waals surface area contributed by atoms with Gasteiger partial charge in [-0.25, -0.2) is 0 Å². The summed E-state index contributed by atoms with van der Waals surface area (Å²) >= 11 is 0. The lowest BCUT2D eigenvalue weighted by molar-refractivity contribution is 0.201. The van der Waals surface area contributed by atoms with Crippen molar-refractivity contribution in [3.8, 4) is 11.5 Å². The molecular formula is C15H23NO3. The minimum absolute atomic E-state index is 0.181. The van der Waals surface area contributed by atoms with Gasteiger partial charge >= 0.3 is 0 Å². The van der Waals surface area contributed by atoms with E-state index in [0.29, 0.717) is 5.92 Å². The summed E-state index contributed by atoms with van der Waals surface area (Å²) in [5, 5.41) is 13.1. The van der Waals surface area contributed by atoms with Crippen molar-refractivity contribution in [1.82, 2.24) is 5.32 Å². The second kappa shape index (κ2) is 6.78. The predicted octanol–water partition coefficient (Wildman–Crippen LogP) is 1.78. The molecule has 0 spiro atoms. The number of methoxy groups -OCH3 is 2. The number of nitrogens with one attached hydrogen (secondary N) is 1. The summed E-state index contributed by atoms with van der Waals surface area (Å²) in [4.78, 5) is 0. The normalized spacial score (nSPS) is 18.1. The molecule has 4 nitrogen and oxygen atoms in total. The number of hydrogen-bond donors (Lipinski definition) is 2. The van der Waals surface area contributed by atoms with Gasteiger partial charge in [0.25, 0.3) is 0 Å². The van der Waals surface area contributed by atoms with Gasteiger partial charge in [0.2, 0.25) is 0 Å².